The summed E-state index contributed by atoms with van der Waals surface area (Å²) in [5.74, 6) is 5.14. The fraction of sp³-hybridized carbons (Fsp3) is 0.871. The molecule has 2 heteroatoms. The van der Waals surface area contributed by atoms with Gasteiger partial charge in [-0.25, -0.2) is 0 Å². The number of carbonyl (C=O) groups is 2. The molecule has 4 aliphatic carbocycles. The number of carbonyl (C=O) groups excluding carboxylic acids is 2. The van der Waals surface area contributed by atoms with Crippen molar-refractivity contribution in [3.8, 4) is 0 Å². The van der Waals surface area contributed by atoms with Crippen molar-refractivity contribution in [2.45, 2.75) is 105 Å². The van der Waals surface area contributed by atoms with E-state index in [9.17, 15) is 9.59 Å². The fourth-order valence-electron chi connectivity index (χ4n) is 10.1. The van der Waals surface area contributed by atoms with Crippen LogP contribution in [0.15, 0.2) is 12.7 Å². The highest BCUT2D eigenvalue weighted by molar-refractivity contribution is 5.96. The first-order valence-electron chi connectivity index (χ1n) is 14.3. The molecule has 4 rings (SSSR count). The van der Waals surface area contributed by atoms with Crippen LogP contribution in [0.4, 0.5) is 0 Å². The molecule has 0 aliphatic heterocycles. The molecule has 0 amide bonds. The summed E-state index contributed by atoms with van der Waals surface area (Å²) >= 11 is 0. The first-order valence-corrected chi connectivity index (χ1v) is 14.3. The van der Waals surface area contributed by atoms with Crippen LogP contribution in [0, 0.1) is 64.1 Å². The van der Waals surface area contributed by atoms with E-state index in [-0.39, 0.29) is 23.0 Å². The molecule has 0 aromatic carbocycles. The SMILES string of the molecule is C=CCC1C(=O)C(C=O)C[C@@]2(C)C1CC[C@H]1[C@@H]3CC[C@H]([C@H](C)CCCC(C)C)[C@@]3(C)CC[C@@H]12. The van der Waals surface area contributed by atoms with Gasteiger partial charge < -0.3 is 4.79 Å². The van der Waals surface area contributed by atoms with Gasteiger partial charge in [-0.2, -0.15) is 0 Å². The standard InChI is InChI=1S/C31H50O2/c1-7-9-24-27-13-12-23-26-15-14-25(21(4)11-8-10-20(2)3)30(26,5)17-16-28(23)31(27,6)18-22(19-32)29(24)33/h7,19-28H,1,8-18H2,2-6H3/t21-,22?,23+,24?,25-,26+,27?,28+,30-,31+/m1/s1. The maximum absolute atomic E-state index is 13.1. The van der Waals surface area contributed by atoms with Crippen LogP contribution in [-0.4, -0.2) is 12.1 Å². The topological polar surface area (TPSA) is 34.1 Å². The molecule has 4 saturated carbocycles. The van der Waals surface area contributed by atoms with E-state index in [2.05, 4.69) is 41.2 Å². The van der Waals surface area contributed by atoms with Crippen LogP contribution >= 0.6 is 0 Å². The zero-order valence-electron chi connectivity index (χ0n) is 22.2. The summed E-state index contributed by atoms with van der Waals surface area (Å²) in [5, 5.41) is 0. The second-order valence-corrected chi connectivity index (χ2v) is 13.6. The van der Waals surface area contributed by atoms with Crippen LogP contribution in [0.1, 0.15) is 105 Å². The number of hydrogen-bond donors (Lipinski definition) is 0. The predicted octanol–water partition coefficient (Wildman–Crippen LogP) is 7.90. The van der Waals surface area contributed by atoms with Crippen LogP contribution < -0.4 is 0 Å². The smallest absolute Gasteiger partial charge is 0.146 e. The van der Waals surface area contributed by atoms with Gasteiger partial charge in [-0.1, -0.05) is 60.0 Å². The van der Waals surface area contributed by atoms with Crippen LogP contribution in [-0.2, 0) is 9.59 Å². The van der Waals surface area contributed by atoms with Crippen molar-refractivity contribution in [1.82, 2.24) is 0 Å². The van der Waals surface area contributed by atoms with Crippen molar-refractivity contribution < 1.29 is 9.59 Å². The minimum Gasteiger partial charge on any atom is -0.303 e. The third-order valence-corrected chi connectivity index (χ3v) is 11.6. The van der Waals surface area contributed by atoms with Crippen molar-refractivity contribution in [2.24, 2.45) is 64.1 Å². The Morgan fingerprint density at radius 1 is 0.970 bits per heavy atom. The van der Waals surface area contributed by atoms with E-state index in [1.807, 2.05) is 6.08 Å². The Morgan fingerprint density at radius 3 is 2.33 bits per heavy atom. The van der Waals surface area contributed by atoms with E-state index in [0.717, 1.165) is 48.7 Å². The monoisotopic (exact) mass is 454 g/mol. The molecule has 0 heterocycles. The lowest BCUT2D eigenvalue weighted by atomic mass is 9.42. The van der Waals surface area contributed by atoms with Gasteiger partial charge in [0.2, 0.25) is 0 Å². The van der Waals surface area contributed by atoms with Gasteiger partial charge in [-0.05, 0) is 104 Å². The first kappa shape index (κ1) is 25.2. The zero-order chi connectivity index (χ0) is 24.0. The summed E-state index contributed by atoms with van der Waals surface area (Å²) in [4.78, 5) is 25.0. The lowest BCUT2D eigenvalue weighted by molar-refractivity contribution is -0.161. The minimum absolute atomic E-state index is 0.0167. The van der Waals surface area contributed by atoms with Crippen molar-refractivity contribution in [3.63, 3.8) is 0 Å². The molecule has 0 spiro atoms. The summed E-state index contributed by atoms with van der Waals surface area (Å²) in [6.07, 6.45) is 16.5. The summed E-state index contributed by atoms with van der Waals surface area (Å²) < 4.78 is 0. The quantitative estimate of drug-likeness (QED) is 0.212. The van der Waals surface area contributed by atoms with Gasteiger partial charge in [0.15, 0.2) is 0 Å². The van der Waals surface area contributed by atoms with Gasteiger partial charge in [-0.3, -0.25) is 4.79 Å². The van der Waals surface area contributed by atoms with E-state index >= 15 is 0 Å². The molecule has 0 bridgehead atoms. The Labute approximate surface area is 203 Å². The number of fused-ring (bicyclic) bond motifs is 5. The number of allylic oxidation sites excluding steroid dienone is 1. The summed E-state index contributed by atoms with van der Waals surface area (Å²) in [6.45, 7) is 16.3. The highest BCUT2D eigenvalue weighted by Gasteiger charge is 2.63. The van der Waals surface area contributed by atoms with E-state index in [1.54, 1.807) is 0 Å². The zero-order valence-corrected chi connectivity index (χ0v) is 22.2. The van der Waals surface area contributed by atoms with Gasteiger partial charge in [0.25, 0.3) is 0 Å². The second-order valence-electron chi connectivity index (χ2n) is 13.6. The molecular weight excluding hydrogens is 404 g/mol. The Hall–Kier alpha value is -0.920. The largest absolute Gasteiger partial charge is 0.303 e. The molecule has 4 aliphatic rings. The summed E-state index contributed by atoms with van der Waals surface area (Å²) in [7, 11) is 0. The normalized spacial score (nSPS) is 45.8. The van der Waals surface area contributed by atoms with E-state index in [1.165, 1.54) is 57.8 Å². The van der Waals surface area contributed by atoms with Gasteiger partial charge >= 0.3 is 0 Å². The second kappa shape index (κ2) is 9.62. The molecule has 0 aromatic rings. The predicted molar refractivity (Wildman–Crippen MR) is 137 cm³/mol. The Morgan fingerprint density at radius 2 is 1.67 bits per heavy atom. The van der Waals surface area contributed by atoms with E-state index in [0.29, 0.717) is 17.3 Å². The van der Waals surface area contributed by atoms with Crippen molar-refractivity contribution >= 4 is 12.1 Å². The Kier molecular flexibility index (Phi) is 7.34. The number of aldehydes is 1. The third kappa shape index (κ3) is 4.20. The van der Waals surface area contributed by atoms with Crippen LogP contribution in [0.2, 0.25) is 0 Å². The lowest BCUT2D eigenvalue weighted by Crippen LogP contribution is -2.58. The molecule has 186 valence electrons. The van der Waals surface area contributed by atoms with Gasteiger partial charge in [-0.15, -0.1) is 6.58 Å². The van der Waals surface area contributed by atoms with Crippen LogP contribution in [0.5, 0.6) is 0 Å². The van der Waals surface area contributed by atoms with Crippen LogP contribution in [0.3, 0.4) is 0 Å². The minimum atomic E-state index is -0.388. The molecule has 0 N–H and O–H groups in total. The molecule has 3 unspecified atom stereocenters. The maximum Gasteiger partial charge on any atom is 0.146 e. The third-order valence-electron chi connectivity index (χ3n) is 11.6. The molecule has 10 atom stereocenters. The highest BCUT2D eigenvalue weighted by atomic mass is 16.1. The van der Waals surface area contributed by atoms with Crippen LogP contribution in [0.25, 0.3) is 0 Å². The molecule has 2 nitrogen and oxygen atoms in total. The molecule has 0 radical (unpaired) electrons. The lowest BCUT2D eigenvalue weighted by Gasteiger charge is -2.62. The Bertz CT molecular complexity index is 739. The molecule has 0 aromatic heterocycles. The van der Waals surface area contributed by atoms with Crippen molar-refractivity contribution in [1.29, 1.82) is 0 Å². The summed E-state index contributed by atoms with van der Waals surface area (Å²) in [5.41, 5.74) is 0.634. The molecule has 33 heavy (non-hydrogen) atoms. The fourth-order valence-corrected chi connectivity index (χ4v) is 10.1. The Balaban J connectivity index is 1.54. The van der Waals surface area contributed by atoms with Gasteiger partial charge in [0.1, 0.15) is 12.1 Å². The van der Waals surface area contributed by atoms with Gasteiger partial charge in [0, 0.05) is 5.92 Å². The number of hydrogen-bond acceptors (Lipinski definition) is 2. The van der Waals surface area contributed by atoms with Crippen molar-refractivity contribution in [3.05, 3.63) is 12.7 Å². The highest BCUT2D eigenvalue weighted by Crippen LogP contribution is 2.69. The van der Waals surface area contributed by atoms with E-state index < -0.39 is 0 Å². The number of rotatable bonds is 8. The summed E-state index contributed by atoms with van der Waals surface area (Å²) in [6, 6.07) is 0. The number of Topliss-reactive ketones (excluding diaryl/α,β-unsaturated/α-hetero) is 1. The number of ketones is 1. The molecule has 0 saturated heterocycles. The first-order chi connectivity index (χ1) is 15.7. The van der Waals surface area contributed by atoms with Crippen molar-refractivity contribution in [2.75, 3.05) is 0 Å². The average molecular weight is 455 g/mol. The average Bonchev–Trinajstić information content (AvgIpc) is 3.12. The maximum atomic E-state index is 13.1. The molecular formula is C31H50O2. The molecule has 4 fully saturated rings. The van der Waals surface area contributed by atoms with E-state index in [4.69, 9.17) is 0 Å². The van der Waals surface area contributed by atoms with Gasteiger partial charge in [0.05, 0.1) is 5.92 Å².